The molecule has 0 atom stereocenters. The zero-order chi connectivity index (χ0) is 20.3. The molecule has 2 aromatic rings. The van der Waals surface area contributed by atoms with Crippen molar-refractivity contribution in [2.45, 2.75) is 6.92 Å². The predicted octanol–water partition coefficient (Wildman–Crippen LogP) is 3.92. The van der Waals surface area contributed by atoms with E-state index in [1.165, 1.54) is 23.1 Å². The maximum absolute atomic E-state index is 12.7. The average molecular weight is 397 g/mol. The fraction of sp³-hybridized carbons (Fsp3) is 0.105. The van der Waals surface area contributed by atoms with E-state index in [1.54, 1.807) is 43.3 Å². The van der Waals surface area contributed by atoms with Gasteiger partial charge >= 0.3 is 5.97 Å². The molecule has 3 rings (SSSR count). The molecule has 0 aromatic heterocycles. The molecule has 1 saturated heterocycles. The summed E-state index contributed by atoms with van der Waals surface area (Å²) >= 11 is 1.10. The van der Waals surface area contributed by atoms with Gasteiger partial charge in [0.25, 0.3) is 11.6 Å². The number of carbonyl (C=O) groups is 2. The average Bonchev–Trinajstić information content (AvgIpc) is 2.96. The van der Waals surface area contributed by atoms with Crippen LogP contribution in [0.15, 0.2) is 58.4 Å². The Hall–Kier alpha value is -3.46. The van der Waals surface area contributed by atoms with Crippen LogP contribution in [0.5, 0.6) is 0 Å². The first kappa shape index (κ1) is 19.3. The van der Waals surface area contributed by atoms with E-state index in [1.807, 2.05) is 0 Å². The number of amides is 1. The highest BCUT2D eigenvalue weighted by Gasteiger charge is 2.32. The number of benzene rings is 2. The second-order valence-electron chi connectivity index (χ2n) is 5.73. The van der Waals surface area contributed by atoms with Crippen molar-refractivity contribution >= 4 is 46.3 Å². The van der Waals surface area contributed by atoms with Crippen molar-refractivity contribution in [1.82, 2.24) is 4.90 Å². The molecule has 0 radical (unpaired) electrons. The molecule has 0 unspecified atom stereocenters. The number of amidine groups is 1. The summed E-state index contributed by atoms with van der Waals surface area (Å²) in [7, 11) is 0. The van der Waals surface area contributed by atoms with E-state index >= 15 is 0 Å². The number of non-ortho nitro benzene ring substituents is 1. The largest absolute Gasteiger partial charge is 0.478 e. The van der Waals surface area contributed by atoms with Gasteiger partial charge in [-0.05, 0) is 42.5 Å². The minimum absolute atomic E-state index is 0.0372. The Morgan fingerprint density at radius 2 is 2.04 bits per heavy atom. The van der Waals surface area contributed by atoms with Gasteiger partial charge < -0.3 is 5.11 Å². The molecule has 1 N–H and O–H groups in total. The standard InChI is InChI=1S/C19H15N3O5S/c1-2-21-17(23)16(11-12-6-5-7-13(10-12)22(26)27)28-19(21)20-15-9-4-3-8-14(15)18(24)25/h3-11H,2H2,1H3,(H,24,25)/b16-11-,20-19?. The van der Waals surface area contributed by atoms with Gasteiger partial charge in [0.2, 0.25) is 0 Å². The van der Waals surface area contributed by atoms with E-state index in [2.05, 4.69) is 4.99 Å². The SMILES string of the molecule is CCN1C(=O)/C(=C/c2cccc([N+](=O)[O-])c2)SC1=Nc1ccccc1C(=O)O. The number of nitro groups is 1. The topological polar surface area (TPSA) is 113 Å². The number of thioether (sulfide) groups is 1. The van der Waals surface area contributed by atoms with Crippen molar-refractivity contribution < 1.29 is 19.6 Å². The minimum Gasteiger partial charge on any atom is -0.478 e. The third-order valence-corrected chi connectivity index (χ3v) is 4.94. The number of likely N-dealkylation sites (N-methyl/N-ethyl adjacent to an activating group) is 1. The van der Waals surface area contributed by atoms with E-state index in [0.29, 0.717) is 22.2 Å². The van der Waals surface area contributed by atoms with Crippen LogP contribution in [0.25, 0.3) is 6.08 Å². The number of hydrogen-bond donors (Lipinski definition) is 1. The normalized spacial score (nSPS) is 16.8. The van der Waals surface area contributed by atoms with Crippen LogP contribution in [0.3, 0.4) is 0 Å². The fourth-order valence-corrected chi connectivity index (χ4v) is 3.66. The maximum atomic E-state index is 12.7. The lowest BCUT2D eigenvalue weighted by Gasteiger charge is -2.12. The molecular weight excluding hydrogens is 382 g/mol. The number of nitro benzene ring substituents is 1. The molecular formula is C19H15N3O5S. The lowest BCUT2D eigenvalue weighted by atomic mass is 10.2. The molecule has 0 saturated carbocycles. The Morgan fingerprint density at radius 1 is 1.29 bits per heavy atom. The highest BCUT2D eigenvalue weighted by molar-refractivity contribution is 8.18. The van der Waals surface area contributed by atoms with Gasteiger partial charge in [0.05, 0.1) is 21.1 Å². The molecule has 1 aliphatic rings. The molecule has 2 aromatic carbocycles. The third kappa shape index (κ3) is 3.94. The van der Waals surface area contributed by atoms with Crippen molar-refractivity contribution in [3.8, 4) is 0 Å². The van der Waals surface area contributed by atoms with Crippen LogP contribution >= 0.6 is 11.8 Å². The summed E-state index contributed by atoms with van der Waals surface area (Å²) in [5, 5.41) is 20.6. The number of carboxylic acids is 1. The molecule has 142 valence electrons. The molecule has 1 fully saturated rings. The summed E-state index contributed by atoms with van der Waals surface area (Å²) in [6.07, 6.45) is 1.56. The smallest absolute Gasteiger partial charge is 0.337 e. The van der Waals surface area contributed by atoms with Crippen LogP contribution in [0.2, 0.25) is 0 Å². The summed E-state index contributed by atoms with van der Waals surface area (Å²) in [5.74, 6) is -1.39. The van der Waals surface area contributed by atoms with Gasteiger partial charge in [-0.3, -0.25) is 19.8 Å². The van der Waals surface area contributed by atoms with Gasteiger partial charge in [-0.25, -0.2) is 9.79 Å². The summed E-state index contributed by atoms with van der Waals surface area (Å²) in [5.41, 5.74) is 0.741. The second kappa shape index (κ2) is 8.05. The molecule has 1 amide bonds. The number of aliphatic imine (C=N–C) groups is 1. The van der Waals surface area contributed by atoms with E-state index in [9.17, 15) is 24.8 Å². The highest BCUT2D eigenvalue weighted by Crippen LogP contribution is 2.35. The molecule has 9 heteroatoms. The molecule has 0 spiro atoms. The molecule has 1 heterocycles. The summed E-state index contributed by atoms with van der Waals surface area (Å²) in [4.78, 5) is 40.7. The minimum atomic E-state index is -1.11. The maximum Gasteiger partial charge on any atom is 0.337 e. The number of carboxylic acid groups (broad SMARTS) is 1. The fourth-order valence-electron chi connectivity index (χ4n) is 2.60. The summed E-state index contributed by atoms with van der Waals surface area (Å²) < 4.78 is 0. The summed E-state index contributed by atoms with van der Waals surface area (Å²) in [6.45, 7) is 2.14. The number of aromatic carboxylic acids is 1. The van der Waals surface area contributed by atoms with Crippen LogP contribution in [-0.2, 0) is 4.79 Å². The second-order valence-corrected chi connectivity index (χ2v) is 6.74. The van der Waals surface area contributed by atoms with Crippen LogP contribution in [0.4, 0.5) is 11.4 Å². The van der Waals surface area contributed by atoms with Crippen molar-refractivity contribution in [3.05, 3.63) is 74.7 Å². The van der Waals surface area contributed by atoms with Crippen LogP contribution in [0.1, 0.15) is 22.8 Å². The predicted molar refractivity (Wildman–Crippen MR) is 107 cm³/mol. The van der Waals surface area contributed by atoms with Gasteiger partial charge in [0.15, 0.2) is 5.17 Å². The summed E-state index contributed by atoms with van der Waals surface area (Å²) in [6, 6.07) is 12.3. The molecule has 8 nitrogen and oxygen atoms in total. The monoisotopic (exact) mass is 397 g/mol. The van der Waals surface area contributed by atoms with E-state index in [0.717, 1.165) is 11.8 Å². The first-order valence-corrected chi connectivity index (χ1v) is 9.09. The third-order valence-electron chi connectivity index (χ3n) is 3.93. The molecule has 0 bridgehead atoms. The number of para-hydroxylation sites is 1. The number of nitrogens with zero attached hydrogens (tertiary/aromatic N) is 3. The van der Waals surface area contributed by atoms with E-state index < -0.39 is 10.9 Å². The molecule has 0 aliphatic carbocycles. The Labute approximate surface area is 164 Å². The van der Waals surface area contributed by atoms with E-state index in [4.69, 9.17) is 0 Å². The van der Waals surface area contributed by atoms with Crippen LogP contribution in [-0.4, -0.2) is 38.5 Å². The lowest BCUT2D eigenvalue weighted by molar-refractivity contribution is -0.384. The van der Waals surface area contributed by atoms with Crippen molar-refractivity contribution in [2.75, 3.05) is 6.54 Å². The van der Waals surface area contributed by atoms with Crippen molar-refractivity contribution in [1.29, 1.82) is 0 Å². The zero-order valence-corrected chi connectivity index (χ0v) is 15.5. The van der Waals surface area contributed by atoms with Gasteiger partial charge in [0.1, 0.15) is 0 Å². The number of carbonyl (C=O) groups excluding carboxylic acids is 1. The zero-order valence-electron chi connectivity index (χ0n) is 14.7. The quantitative estimate of drug-likeness (QED) is 0.465. The van der Waals surface area contributed by atoms with Gasteiger partial charge in [-0.2, -0.15) is 0 Å². The molecule has 1 aliphatic heterocycles. The van der Waals surface area contributed by atoms with Crippen molar-refractivity contribution in [3.63, 3.8) is 0 Å². The van der Waals surface area contributed by atoms with Crippen LogP contribution in [0, 0.1) is 10.1 Å². The Balaban J connectivity index is 1.99. The number of rotatable bonds is 5. The Morgan fingerprint density at radius 3 is 2.71 bits per heavy atom. The van der Waals surface area contributed by atoms with Crippen LogP contribution < -0.4 is 0 Å². The highest BCUT2D eigenvalue weighted by atomic mass is 32.2. The lowest BCUT2D eigenvalue weighted by Crippen LogP contribution is -2.28. The van der Waals surface area contributed by atoms with Gasteiger partial charge in [-0.1, -0.05) is 24.3 Å². The molecule has 28 heavy (non-hydrogen) atoms. The van der Waals surface area contributed by atoms with Crippen molar-refractivity contribution in [2.24, 2.45) is 4.99 Å². The first-order valence-electron chi connectivity index (χ1n) is 8.27. The Kier molecular flexibility index (Phi) is 5.55. The Bertz CT molecular complexity index is 1030. The van der Waals surface area contributed by atoms with Gasteiger partial charge in [-0.15, -0.1) is 0 Å². The van der Waals surface area contributed by atoms with Gasteiger partial charge in [0, 0.05) is 18.7 Å². The van der Waals surface area contributed by atoms with E-state index in [-0.39, 0.29) is 22.8 Å². The first-order chi connectivity index (χ1) is 13.4. The number of hydrogen-bond acceptors (Lipinski definition) is 6.